The first-order chi connectivity index (χ1) is 2.94. The molecule has 0 spiro atoms. The fourth-order valence-corrected chi connectivity index (χ4v) is 0. The second-order valence-electron chi connectivity index (χ2n) is 2.36. The van der Waals surface area contributed by atoms with Crippen molar-refractivity contribution in [2.24, 2.45) is 0 Å². The molecule has 0 rings (SSSR count). The third kappa shape index (κ3) is 5.25. The van der Waals surface area contributed by atoms with E-state index in [4.69, 9.17) is 4.55 Å². The van der Waals surface area contributed by atoms with Crippen LogP contribution in [0.2, 0.25) is 0 Å². The maximum Gasteiger partial charge on any atom is 1.00 e. The summed E-state index contributed by atoms with van der Waals surface area (Å²) in [6, 6.07) is 0. The van der Waals surface area contributed by atoms with Crippen molar-refractivity contribution < 1.29 is 39.7 Å². The summed E-state index contributed by atoms with van der Waals surface area (Å²) >= 11 is -1.68. The van der Waals surface area contributed by atoms with Crippen LogP contribution in [0.5, 0.6) is 0 Å². The summed E-state index contributed by atoms with van der Waals surface area (Å²) in [4.78, 5) is 0. The van der Waals surface area contributed by atoms with Crippen LogP contribution in [0, 0.1) is 0 Å². The smallest absolute Gasteiger partial charge is 1.00 e. The molecule has 4 heteroatoms. The summed E-state index contributed by atoms with van der Waals surface area (Å²) in [7, 11) is 0. The number of hydrogen-bond donors (Lipinski definition) is 1. The Labute approximate surface area is 76.1 Å². The van der Waals surface area contributed by atoms with E-state index in [2.05, 4.69) is 0 Å². The zero-order chi connectivity index (χ0) is 6.08. The summed E-state index contributed by atoms with van der Waals surface area (Å²) in [5, 5.41) is 0. The first-order valence-electron chi connectivity index (χ1n) is 2.05. The molecule has 2 nitrogen and oxygen atoms in total. The SMILES string of the molecule is CC(C)(C)S(=O)O.[H-].[Na+]. The van der Waals surface area contributed by atoms with E-state index in [-0.39, 0.29) is 31.0 Å². The molecule has 1 unspecified atom stereocenters. The maximum absolute atomic E-state index is 10.1. The molecule has 8 heavy (non-hydrogen) atoms. The zero-order valence-electron chi connectivity index (χ0n) is 6.76. The van der Waals surface area contributed by atoms with Crippen LogP contribution in [-0.4, -0.2) is 13.5 Å². The van der Waals surface area contributed by atoms with Crippen molar-refractivity contribution in [1.29, 1.82) is 0 Å². The fraction of sp³-hybridized carbons (Fsp3) is 1.00. The molecule has 0 aromatic carbocycles. The van der Waals surface area contributed by atoms with E-state index in [9.17, 15) is 4.21 Å². The first-order valence-corrected chi connectivity index (χ1v) is 3.16. The van der Waals surface area contributed by atoms with Gasteiger partial charge in [-0.15, -0.1) is 0 Å². The average molecular weight is 146 g/mol. The summed E-state index contributed by atoms with van der Waals surface area (Å²) in [6.07, 6.45) is 0. The molecule has 46 valence electrons. The van der Waals surface area contributed by atoms with E-state index < -0.39 is 15.8 Å². The average Bonchev–Trinajstić information content (AvgIpc) is 1.31. The molecule has 0 aromatic heterocycles. The Bertz CT molecular complexity index is 91.1. The molecule has 0 saturated heterocycles. The molecule has 0 aromatic rings. The second-order valence-corrected chi connectivity index (χ2v) is 4.08. The van der Waals surface area contributed by atoms with E-state index in [0.29, 0.717) is 0 Å². The van der Waals surface area contributed by atoms with Gasteiger partial charge < -0.3 is 5.98 Å². The van der Waals surface area contributed by atoms with Gasteiger partial charge in [-0.1, -0.05) is 0 Å². The maximum atomic E-state index is 10.1. The molecule has 0 amide bonds. The Balaban J connectivity index is -0.000000180. The Kier molecular flexibility index (Phi) is 5.94. The predicted molar refractivity (Wildman–Crippen MR) is 31.6 cm³/mol. The number of hydrogen-bond acceptors (Lipinski definition) is 1. The third-order valence-corrected chi connectivity index (χ3v) is 1.57. The molecule has 0 aliphatic carbocycles. The normalized spacial score (nSPS) is 14.5. The first kappa shape index (κ1) is 11.9. The number of rotatable bonds is 0. The van der Waals surface area contributed by atoms with E-state index in [0.717, 1.165) is 0 Å². The van der Waals surface area contributed by atoms with Crippen LogP contribution in [-0.2, 0) is 11.1 Å². The summed E-state index contributed by atoms with van der Waals surface area (Å²) in [6.45, 7) is 5.13. The minimum atomic E-state index is -1.68. The summed E-state index contributed by atoms with van der Waals surface area (Å²) in [5.74, 6) is 0. The van der Waals surface area contributed by atoms with Gasteiger partial charge in [0.05, 0.1) is 4.75 Å². The van der Waals surface area contributed by atoms with Gasteiger partial charge in [-0.2, -0.15) is 0 Å². The van der Waals surface area contributed by atoms with Crippen molar-refractivity contribution >= 4 is 11.1 Å². The monoisotopic (exact) mass is 146 g/mol. The largest absolute Gasteiger partial charge is 1.00 e. The fourth-order valence-electron chi connectivity index (χ4n) is 0. The van der Waals surface area contributed by atoms with Crippen LogP contribution in [0.15, 0.2) is 0 Å². The van der Waals surface area contributed by atoms with Gasteiger partial charge in [-0.25, -0.2) is 4.21 Å². The van der Waals surface area contributed by atoms with Crippen LogP contribution >= 0.6 is 0 Å². The van der Waals surface area contributed by atoms with Crippen LogP contribution in [0.1, 0.15) is 22.2 Å². The summed E-state index contributed by atoms with van der Waals surface area (Å²) < 4.78 is 18.0. The van der Waals surface area contributed by atoms with Gasteiger partial charge in [-0.3, -0.25) is 0 Å². The van der Waals surface area contributed by atoms with Gasteiger partial charge in [0.25, 0.3) is 0 Å². The van der Waals surface area contributed by atoms with Gasteiger partial charge in [-0.05, 0) is 20.8 Å². The van der Waals surface area contributed by atoms with Crippen molar-refractivity contribution in [3.05, 3.63) is 0 Å². The molecular formula is C4H11NaO2S. The van der Waals surface area contributed by atoms with Gasteiger partial charge in [0.1, 0.15) is 0 Å². The third-order valence-electron chi connectivity index (χ3n) is 0.524. The predicted octanol–water partition coefficient (Wildman–Crippen LogP) is -1.88. The van der Waals surface area contributed by atoms with Crippen LogP contribution in [0.3, 0.4) is 0 Å². The quantitative estimate of drug-likeness (QED) is 0.321. The van der Waals surface area contributed by atoms with Crippen molar-refractivity contribution in [3.8, 4) is 0 Å². The molecule has 0 aliphatic heterocycles. The minimum absolute atomic E-state index is 0. The summed E-state index contributed by atoms with van der Waals surface area (Å²) in [5.41, 5.74) is 0. The molecule has 0 aliphatic rings. The minimum Gasteiger partial charge on any atom is -1.00 e. The topological polar surface area (TPSA) is 37.3 Å². The molecule has 0 saturated carbocycles. The van der Waals surface area contributed by atoms with Crippen LogP contribution in [0.4, 0.5) is 0 Å². The van der Waals surface area contributed by atoms with Gasteiger partial charge in [0.2, 0.25) is 0 Å². The molecule has 1 atom stereocenters. The van der Waals surface area contributed by atoms with E-state index in [1.807, 2.05) is 0 Å². The Morgan fingerprint density at radius 2 is 1.62 bits per heavy atom. The van der Waals surface area contributed by atoms with Crippen LogP contribution in [0.25, 0.3) is 0 Å². The van der Waals surface area contributed by atoms with E-state index in [1.54, 1.807) is 20.8 Å². The van der Waals surface area contributed by atoms with E-state index >= 15 is 0 Å². The molecule has 1 N–H and O–H groups in total. The van der Waals surface area contributed by atoms with Crippen molar-refractivity contribution in [2.75, 3.05) is 0 Å². The van der Waals surface area contributed by atoms with Crippen molar-refractivity contribution in [2.45, 2.75) is 25.5 Å². The molecule has 0 fully saturated rings. The van der Waals surface area contributed by atoms with Crippen LogP contribution < -0.4 is 29.6 Å². The van der Waals surface area contributed by atoms with Gasteiger partial charge in [0.15, 0.2) is 11.1 Å². The second kappa shape index (κ2) is 4.01. The standard InChI is InChI=1S/C4H10O2S.Na.H/c1-4(2,3)7(5)6;;/h1-3H3,(H,5,6);;/q;+1;-1. The Morgan fingerprint density at radius 1 is 1.50 bits per heavy atom. The van der Waals surface area contributed by atoms with Gasteiger partial charge in [0, 0.05) is 0 Å². The molecule has 0 bridgehead atoms. The molecular weight excluding hydrogens is 135 g/mol. The zero-order valence-corrected chi connectivity index (χ0v) is 8.58. The Morgan fingerprint density at radius 3 is 1.62 bits per heavy atom. The van der Waals surface area contributed by atoms with Crippen molar-refractivity contribution in [1.82, 2.24) is 0 Å². The Hall–Kier alpha value is 1.11. The van der Waals surface area contributed by atoms with Gasteiger partial charge >= 0.3 is 29.6 Å². The van der Waals surface area contributed by atoms with E-state index in [1.165, 1.54) is 0 Å². The molecule has 0 radical (unpaired) electrons. The van der Waals surface area contributed by atoms with Crippen molar-refractivity contribution in [3.63, 3.8) is 0 Å². The molecule has 0 heterocycles.